The Morgan fingerprint density at radius 2 is 1.73 bits per heavy atom. The molecule has 0 aliphatic rings. The minimum absolute atomic E-state index is 0.0408. The molecule has 0 heterocycles. The minimum atomic E-state index is 0.0408. The molecule has 0 saturated carbocycles. The van der Waals surface area contributed by atoms with Gasteiger partial charge in [-0.25, -0.2) is 0 Å². The summed E-state index contributed by atoms with van der Waals surface area (Å²) in [7, 11) is 0. The average molecular weight is 201 g/mol. The topological polar surface area (TPSA) is 23.8 Å². The number of nitrogens with zero attached hydrogens (tertiary/aromatic N) is 1. The van der Waals surface area contributed by atoms with Crippen molar-refractivity contribution >= 4 is 0 Å². The zero-order chi connectivity index (χ0) is 11.5. The van der Waals surface area contributed by atoms with Crippen LogP contribution in [0.15, 0.2) is 24.3 Å². The van der Waals surface area contributed by atoms with Crippen molar-refractivity contribution in [1.29, 1.82) is 5.26 Å². The number of hydrogen-bond donors (Lipinski definition) is 0. The fraction of sp³-hybridized carbons (Fsp3) is 0.500. The molecule has 1 nitrogen and oxygen atoms in total. The van der Waals surface area contributed by atoms with Crippen molar-refractivity contribution in [3.8, 4) is 6.07 Å². The van der Waals surface area contributed by atoms with Crippen LogP contribution in [-0.4, -0.2) is 0 Å². The van der Waals surface area contributed by atoms with Gasteiger partial charge in [-0.2, -0.15) is 5.26 Å². The summed E-state index contributed by atoms with van der Waals surface area (Å²) in [6, 6.07) is 10.8. The van der Waals surface area contributed by atoms with Gasteiger partial charge in [0.1, 0.15) is 0 Å². The second-order valence-electron chi connectivity index (χ2n) is 4.96. The van der Waals surface area contributed by atoms with Crippen molar-refractivity contribution in [2.24, 2.45) is 0 Å². The van der Waals surface area contributed by atoms with E-state index in [4.69, 9.17) is 5.26 Å². The number of nitriles is 1. The Morgan fingerprint density at radius 3 is 2.07 bits per heavy atom. The van der Waals surface area contributed by atoms with E-state index in [1.807, 2.05) is 6.92 Å². The molecule has 80 valence electrons. The maximum atomic E-state index is 8.96. The van der Waals surface area contributed by atoms with Gasteiger partial charge in [0.15, 0.2) is 0 Å². The predicted octanol–water partition coefficient (Wildman–Crippen LogP) is 4.00. The Balaban J connectivity index is 2.96. The van der Waals surface area contributed by atoms with Gasteiger partial charge in [-0.15, -0.1) is 0 Å². The number of hydrogen-bond acceptors (Lipinski definition) is 1. The Bertz CT molecular complexity index is 348. The van der Waals surface area contributed by atoms with Crippen LogP contribution in [0.2, 0.25) is 0 Å². The van der Waals surface area contributed by atoms with E-state index in [1.54, 1.807) is 0 Å². The second-order valence-corrected chi connectivity index (χ2v) is 4.96. The molecule has 0 amide bonds. The molecule has 0 spiro atoms. The van der Waals surface area contributed by atoms with Gasteiger partial charge in [0.2, 0.25) is 0 Å². The number of benzene rings is 1. The highest BCUT2D eigenvalue weighted by molar-refractivity contribution is 5.31. The smallest absolute Gasteiger partial charge is 0.0710 e. The minimum Gasteiger partial charge on any atom is -0.198 e. The van der Waals surface area contributed by atoms with E-state index in [9.17, 15) is 0 Å². The lowest BCUT2D eigenvalue weighted by atomic mass is 9.85. The quantitative estimate of drug-likeness (QED) is 0.709. The standard InChI is InChI=1S/C14H19N/c1-5-11(10-15)12-6-8-13(9-7-12)14(2,3)4/h6-9,11H,5H2,1-4H3. The molecule has 0 aliphatic heterocycles. The lowest BCUT2D eigenvalue weighted by Crippen LogP contribution is -2.10. The molecule has 0 radical (unpaired) electrons. The molecular weight excluding hydrogens is 182 g/mol. The molecule has 0 bridgehead atoms. The Labute approximate surface area is 92.7 Å². The van der Waals surface area contributed by atoms with Gasteiger partial charge in [0, 0.05) is 0 Å². The van der Waals surface area contributed by atoms with Crippen molar-refractivity contribution in [2.75, 3.05) is 0 Å². The zero-order valence-corrected chi connectivity index (χ0v) is 10.0. The van der Waals surface area contributed by atoms with Crippen molar-refractivity contribution < 1.29 is 0 Å². The van der Waals surface area contributed by atoms with Crippen molar-refractivity contribution in [3.05, 3.63) is 35.4 Å². The normalized spacial score (nSPS) is 13.3. The highest BCUT2D eigenvalue weighted by atomic mass is 14.3. The second kappa shape index (κ2) is 4.49. The van der Waals surface area contributed by atoms with Crippen molar-refractivity contribution in [1.82, 2.24) is 0 Å². The molecule has 1 aromatic carbocycles. The maximum absolute atomic E-state index is 8.96. The monoisotopic (exact) mass is 201 g/mol. The summed E-state index contributed by atoms with van der Waals surface area (Å²) in [6.45, 7) is 8.64. The van der Waals surface area contributed by atoms with Crippen LogP contribution >= 0.6 is 0 Å². The summed E-state index contributed by atoms with van der Waals surface area (Å²) < 4.78 is 0. The fourth-order valence-corrected chi connectivity index (χ4v) is 1.62. The summed E-state index contributed by atoms with van der Waals surface area (Å²) in [5, 5.41) is 8.96. The van der Waals surface area contributed by atoms with Crippen LogP contribution in [0.25, 0.3) is 0 Å². The summed E-state index contributed by atoms with van der Waals surface area (Å²) in [5.74, 6) is 0.0408. The van der Waals surface area contributed by atoms with Crippen LogP contribution in [0, 0.1) is 11.3 Å². The molecule has 15 heavy (non-hydrogen) atoms. The van der Waals surface area contributed by atoms with E-state index >= 15 is 0 Å². The highest BCUT2D eigenvalue weighted by Gasteiger charge is 2.14. The van der Waals surface area contributed by atoms with Crippen molar-refractivity contribution in [2.45, 2.75) is 45.4 Å². The van der Waals surface area contributed by atoms with E-state index in [0.29, 0.717) is 0 Å². The number of rotatable bonds is 2. The first-order valence-electron chi connectivity index (χ1n) is 5.49. The third kappa shape index (κ3) is 2.83. The zero-order valence-electron chi connectivity index (χ0n) is 10.0. The molecule has 0 fully saturated rings. The summed E-state index contributed by atoms with van der Waals surface area (Å²) in [4.78, 5) is 0. The van der Waals surface area contributed by atoms with E-state index in [0.717, 1.165) is 12.0 Å². The molecule has 1 heteroatoms. The van der Waals surface area contributed by atoms with Crippen LogP contribution in [0.5, 0.6) is 0 Å². The average Bonchev–Trinajstić information content (AvgIpc) is 2.19. The third-order valence-electron chi connectivity index (χ3n) is 2.74. The first-order valence-corrected chi connectivity index (χ1v) is 5.49. The molecule has 1 aromatic rings. The summed E-state index contributed by atoms with van der Waals surface area (Å²) >= 11 is 0. The van der Waals surface area contributed by atoms with Gasteiger partial charge < -0.3 is 0 Å². The van der Waals surface area contributed by atoms with Gasteiger partial charge >= 0.3 is 0 Å². The predicted molar refractivity (Wildman–Crippen MR) is 63.8 cm³/mol. The molecular formula is C14H19N. The Kier molecular flexibility index (Phi) is 3.52. The lowest BCUT2D eigenvalue weighted by Gasteiger charge is -2.19. The SMILES string of the molecule is CCC(C#N)c1ccc(C(C)(C)C)cc1. The summed E-state index contributed by atoms with van der Waals surface area (Å²) in [5.41, 5.74) is 2.64. The fourth-order valence-electron chi connectivity index (χ4n) is 1.62. The molecule has 1 atom stereocenters. The Morgan fingerprint density at radius 1 is 1.20 bits per heavy atom. The van der Waals surface area contributed by atoms with Gasteiger partial charge in [-0.05, 0) is 23.0 Å². The van der Waals surface area contributed by atoms with E-state index in [-0.39, 0.29) is 11.3 Å². The molecule has 0 aliphatic carbocycles. The molecule has 0 aromatic heterocycles. The van der Waals surface area contributed by atoms with Crippen LogP contribution in [0.3, 0.4) is 0 Å². The van der Waals surface area contributed by atoms with E-state index in [1.165, 1.54) is 5.56 Å². The first-order chi connectivity index (χ1) is 6.99. The van der Waals surface area contributed by atoms with Crippen LogP contribution in [0.4, 0.5) is 0 Å². The molecule has 1 rings (SSSR count). The van der Waals surface area contributed by atoms with E-state index in [2.05, 4.69) is 51.1 Å². The third-order valence-corrected chi connectivity index (χ3v) is 2.74. The van der Waals surface area contributed by atoms with E-state index < -0.39 is 0 Å². The van der Waals surface area contributed by atoms with Gasteiger partial charge in [0.25, 0.3) is 0 Å². The van der Waals surface area contributed by atoms with Gasteiger partial charge in [-0.3, -0.25) is 0 Å². The molecule has 0 saturated heterocycles. The van der Waals surface area contributed by atoms with Crippen LogP contribution < -0.4 is 0 Å². The molecule has 0 N–H and O–H groups in total. The lowest BCUT2D eigenvalue weighted by molar-refractivity contribution is 0.589. The maximum Gasteiger partial charge on any atom is 0.0710 e. The van der Waals surface area contributed by atoms with Gasteiger partial charge in [0.05, 0.1) is 12.0 Å². The molecule has 1 unspecified atom stereocenters. The highest BCUT2D eigenvalue weighted by Crippen LogP contribution is 2.25. The first kappa shape index (κ1) is 11.8. The summed E-state index contributed by atoms with van der Waals surface area (Å²) in [6.07, 6.45) is 0.880. The van der Waals surface area contributed by atoms with Crippen LogP contribution in [0.1, 0.15) is 51.2 Å². The van der Waals surface area contributed by atoms with Crippen molar-refractivity contribution in [3.63, 3.8) is 0 Å². The van der Waals surface area contributed by atoms with Gasteiger partial charge in [-0.1, -0.05) is 52.0 Å². The largest absolute Gasteiger partial charge is 0.198 e. The Hall–Kier alpha value is -1.29. The van der Waals surface area contributed by atoms with Crippen LogP contribution in [-0.2, 0) is 5.41 Å².